The first-order chi connectivity index (χ1) is 8.22. The minimum absolute atomic E-state index is 0.307. The fourth-order valence-corrected chi connectivity index (χ4v) is 4.24. The van der Waals surface area contributed by atoms with Crippen LogP contribution in [0.2, 0.25) is 0 Å². The van der Waals surface area contributed by atoms with E-state index >= 15 is 0 Å². The maximum atomic E-state index is 5.85. The smallest absolute Gasteiger partial charge is 0.0685 e. The van der Waals surface area contributed by atoms with Crippen LogP contribution in [0.1, 0.15) is 48.0 Å². The van der Waals surface area contributed by atoms with Crippen LogP contribution in [0.5, 0.6) is 0 Å². The first-order valence-corrected chi connectivity index (χ1v) is 8.22. The van der Waals surface area contributed by atoms with Crippen LogP contribution in [0.3, 0.4) is 0 Å². The van der Waals surface area contributed by atoms with Crippen LogP contribution in [-0.4, -0.2) is 35.3 Å². The van der Waals surface area contributed by atoms with E-state index < -0.39 is 0 Å². The highest BCUT2D eigenvalue weighted by atomic mass is 32.2. The van der Waals surface area contributed by atoms with Crippen molar-refractivity contribution >= 4 is 11.8 Å². The van der Waals surface area contributed by atoms with Crippen molar-refractivity contribution in [3.63, 3.8) is 0 Å². The Bertz CT molecular complexity index is 297. The Morgan fingerprint density at radius 2 is 2.06 bits per heavy atom. The van der Waals surface area contributed by atoms with Gasteiger partial charge >= 0.3 is 0 Å². The number of nitrogens with one attached hydrogen (secondary N) is 1. The molecule has 0 amide bonds. The van der Waals surface area contributed by atoms with Gasteiger partial charge in [-0.15, -0.1) is 0 Å². The molecule has 0 bridgehead atoms. The molecule has 1 heterocycles. The molecular weight excluding hydrogens is 242 g/mol. The van der Waals surface area contributed by atoms with Gasteiger partial charge < -0.3 is 10.1 Å². The third kappa shape index (κ3) is 2.88. The van der Waals surface area contributed by atoms with Crippen molar-refractivity contribution < 1.29 is 4.74 Å². The maximum absolute atomic E-state index is 5.85. The lowest BCUT2D eigenvalue weighted by Crippen LogP contribution is -2.67. The zero-order valence-corrected chi connectivity index (χ0v) is 13.6. The molecule has 1 aliphatic heterocycles. The molecule has 18 heavy (non-hydrogen) atoms. The highest BCUT2D eigenvalue weighted by Crippen LogP contribution is 2.52. The van der Waals surface area contributed by atoms with Gasteiger partial charge in [-0.3, -0.25) is 0 Å². The highest BCUT2D eigenvalue weighted by molar-refractivity contribution is 8.00. The molecule has 2 nitrogen and oxygen atoms in total. The molecule has 1 N–H and O–H groups in total. The molecule has 106 valence electrons. The molecule has 0 aromatic rings. The van der Waals surface area contributed by atoms with E-state index in [0.717, 1.165) is 12.5 Å². The van der Waals surface area contributed by atoms with E-state index in [2.05, 4.69) is 46.9 Å². The van der Waals surface area contributed by atoms with Gasteiger partial charge in [-0.05, 0) is 13.3 Å². The second-order valence-corrected chi connectivity index (χ2v) is 9.38. The van der Waals surface area contributed by atoms with Crippen molar-refractivity contribution in [2.45, 2.75) is 70.9 Å². The van der Waals surface area contributed by atoms with Crippen molar-refractivity contribution in [2.75, 3.05) is 12.4 Å². The summed E-state index contributed by atoms with van der Waals surface area (Å²) in [5.41, 5.74) is 0.307. The van der Waals surface area contributed by atoms with Crippen molar-refractivity contribution in [1.82, 2.24) is 5.32 Å². The van der Waals surface area contributed by atoms with Crippen molar-refractivity contribution in [2.24, 2.45) is 11.3 Å². The lowest BCUT2D eigenvalue weighted by Gasteiger charge is -2.55. The Labute approximate surface area is 117 Å². The summed E-state index contributed by atoms with van der Waals surface area (Å²) in [5.74, 6) is 1.94. The van der Waals surface area contributed by atoms with Crippen LogP contribution in [0.15, 0.2) is 0 Å². The van der Waals surface area contributed by atoms with Gasteiger partial charge in [-0.25, -0.2) is 0 Å². The van der Waals surface area contributed by atoms with Gasteiger partial charge in [-0.1, -0.05) is 34.6 Å². The third-order valence-corrected chi connectivity index (χ3v) is 5.86. The van der Waals surface area contributed by atoms with Gasteiger partial charge in [-0.2, -0.15) is 11.8 Å². The average molecular weight is 271 g/mol. The number of rotatable bonds is 4. The van der Waals surface area contributed by atoms with E-state index in [-0.39, 0.29) is 0 Å². The Balaban J connectivity index is 1.82. The summed E-state index contributed by atoms with van der Waals surface area (Å²) in [6.45, 7) is 14.8. The molecule has 1 aliphatic carbocycles. The second-order valence-electron chi connectivity index (χ2n) is 7.53. The molecule has 1 saturated heterocycles. The molecule has 3 heteroatoms. The second kappa shape index (κ2) is 4.99. The van der Waals surface area contributed by atoms with Crippen LogP contribution < -0.4 is 5.32 Å². The summed E-state index contributed by atoms with van der Waals surface area (Å²) >= 11 is 2.05. The largest absolute Gasteiger partial charge is 0.377 e. The summed E-state index contributed by atoms with van der Waals surface area (Å²) < 4.78 is 6.21. The Hall–Kier alpha value is 0.270. The van der Waals surface area contributed by atoms with Gasteiger partial charge in [0.05, 0.1) is 6.10 Å². The average Bonchev–Trinajstić information content (AvgIpc) is 2.68. The van der Waals surface area contributed by atoms with Crippen LogP contribution in [0.4, 0.5) is 0 Å². The number of fused-ring (bicyclic) bond motifs is 1. The minimum Gasteiger partial charge on any atom is -0.377 e. The van der Waals surface area contributed by atoms with E-state index in [9.17, 15) is 0 Å². The SMILES string of the molecule is CC(CSC(C)(C)C)NC1C2CCOC2C1(C)C. The standard InChI is InChI=1S/C15H29NOS/c1-10(9-18-14(2,3)4)16-12-11-7-8-17-13(11)15(12,5)6/h10-13,16H,7-9H2,1-6H3. The molecule has 2 rings (SSSR count). The quantitative estimate of drug-likeness (QED) is 0.847. The molecule has 0 radical (unpaired) electrons. The molecule has 0 aromatic carbocycles. The van der Waals surface area contributed by atoms with E-state index in [1.54, 1.807) is 0 Å². The summed E-state index contributed by atoms with van der Waals surface area (Å²) in [6, 6.07) is 1.22. The Morgan fingerprint density at radius 3 is 2.67 bits per heavy atom. The summed E-state index contributed by atoms with van der Waals surface area (Å²) in [4.78, 5) is 0. The van der Waals surface area contributed by atoms with Crippen LogP contribution in [-0.2, 0) is 4.74 Å². The number of ether oxygens (including phenoxy) is 1. The van der Waals surface area contributed by atoms with E-state index in [4.69, 9.17) is 4.74 Å². The molecule has 0 spiro atoms. The van der Waals surface area contributed by atoms with Gasteiger partial charge in [0.1, 0.15) is 0 Å². The van der Waals surface area contributed by atoms with Crippen molar-refractivity contribution in [3.8, 4) is 0 Å². The molecule has 4 unspecified atom stereocenters. The fraction of sp³-hybridized carbons (Fsp3) is 1.00. The van der Waals surface area contributed by atoms with Gasteiger partial charge in [0, 0.05) is 40.5 Å². The maximum Gasteiger partial charge on any atom is 0.0685 e. The minimum atomic E-state index is 0.307. The topological polar surface area (TPSA) is 21.3 Å². The van der Waals surface area contributed by atoms with Gasteiger partial charge in [0.25, 0.3) is 0 Å². The zero-order chi connectivity index (χ0) is 13.6. The van der Waals surface area contributed by atoms with E-state index in [1.165, 1.54) is 12.2 Å². The first kappa shape index (κ1) is 14.7. The molecule has 0 aromatic heterocycles. The van der Waals surface area contributed by atoms with Crippen molar-refractivity contribution in [1.29, 1.82) is 0 Å². The summed E-state index contributed by atoms with van der Waals surface area (Å²) in [7, 11) is 0. The first-order valence-electron chi connectivity index (χ1n) is 7.23. The Kier molecular flexibility index (Phi) is 4.07. The fourth-order valence-electron chi connectivity index (χ4n) is 3.39. The van der Waals surface area contributed by atoms with Crippen LogP contribution in [0.25, 0.3) is 0 Å². The molecule has 2 aliphatic rings. The van der Waals surface area contributed by atoms with E-state index in [1.807, 2.05) is 11.8 Å². The predicted octanol–water partition coefficient (Wildman–Crippen LogP) is 3.31. The molecule has 1 saturated carbocycles. The zero-order valence-electron chi connectivity index (χ0n) is 12.7. The normalized spacial score (nSPS) is 36.0. The molecule has 2 fully saturated rings. The van der Waals surface area contributed by atoms with Gasteiger partial charge in [0.2, 0.25) is 0 Å². The number of hydrogen-bond acceptors (Lipinski definition) is 3. The van der Waals surface area contributed by atoms with Crippen molar-refractivity contribution in [3.05, 3.63) is 0 Å². The third-order valence-electron chi connectivity index (χ3n) is 4.33. The van der Waals surface area contributed by atoms with Crippen LogP contribution in [0, 0.1) is 11.3 Å². The summed E-state index contributed by atoms with van der Waals surface area (Å²) in [5, 5.41) is 3.85. The van der Waals surface area contributed by atoms with Crippen LogP contribution >= 0.6 is 11.8 Å². The van der Waals surface area contributed by atoms with E-state index in [0.29, 0.717) is 28.3 Å². The Morgan fingerprint density at radius 1 is 1.39 bits per heavy atom. The number of thioether (sulfide) groups is 1. The molecule has 4 atom stereocenters. The summed E-state index contributed by atoms with van der Waals surface area (Å²) in [6.07, 6.45) is 1.74. The lowest BCUT2D eigenvalue weighted by atomic mass is 9.57. The molecular formula is C15H29NOS. The monoisotopic (exact) mass is 271 g/mol. The lowest BCUT2D eigenvalue weighted by molar-refractivity contribution is -0.114. The number of hydrogen-bond donors (Lipinski definition) is 1. The predicted molar refractivity (Wildman–Crippen MR) is 80.2 cm³/mol. The van der Waals surface area contributed by atoms with Gasteiger partial charge in [0.15, 0.2) is 0 Å². The highest BCUT2D eigenvalue weighted by Gasteiger charge is 2.59.